The van der Waals surface area contributed by atoms with Crippen LogP contribution in [0.1, 0.15) is 16.8 Å². The van der Waals surface area contributed by atoms with Crippen LogP contribution in [0.4, 0.5) is 0 Å². The zero-order valence-electron chi connectivity index (χ0n) is 16.5. The third kappa shape index (κ3) is 4.14. The van der Waals surface area contributed by atoms with Crippen molar-refractivity contribution in [3.05, 3.63) is 60.2 Å². The van der Waals surface area contributed by atoms with Crippen molar-refractivity contribution in [3.63, 3.8) is 0 Å². The second-order valence-electron chi connectivity index (χ2n) is 7.67. The largest absolute Gasteiger partial charge is 0.336 e. The van der Waals surface area contributed by atoms with Gasteiger partial charge in [0.1, 0.15) is 0 Å². The fraction of sp³-hybridized carbons (Fsp3) is 0.381. The lowest BCUT2D eigenvalue weighted by Gasteiger charge is -2.35. The van der Waals surface area contributed by atoms with Crippen LogP contribution in [-0.2, 0) is 19.9 Å². The Labute approximate surface area is 177 Å². The van der Waals surface area contributed by atoms with Gasteiger partial charge in [-0.05, 0) is 23.6 Å². The Morgan fingerprint density at radius 1 is 0.900 bits per heavy atom. The second-order valence-corrected chi connectivity index (χ2v) is 12.1. The molecule has 0 aliphatic carbocycles. The first-order valence-electron chi connectivity index (χ1n) is 9.91. The molecule has 0 saturated carbocycles. The molecule has 1 unspecified atom stereocenters. The first-order chi connectivity index (χ1) is 14.3. The molecule has 7 nitrogen and oxygen atoms in total. The molecule has 0 N–H and O–H groups in total. The predicted molar refractivity (Wildman–Crippen MR) is 115 cm³/mol. The van der Waals surface area contributed by atoms with E-state index in [4.69, 9.17) is 0 Å². The van der Waals surface area contributed by atoms with Crippen molar-refractivity contribution < 1.29 is 21.6 Å². The van der Waals surface area contributed by atoms with Gasteiger partial charge in [0.25, 0.3) is 5.91 Å². The third-order valence-corrected chi connectivity index (χ3v) is 10.0. The molecule has 2 fully saturated rings. The Morgan fingerprint density at radius 3 is 2.17 bits per heavy atom. The van der Waals surface area contributed by atoms with E-state index >= 15 is 0 Å². The molecule has 2 saturated heterocycles. The zero-order chi connectivity index (χ0) is 21.4. The van der Waals surface area contributed by atoms with Gasteiger partial charge in [-0.25, -0.2) is 16.8 Å². The SMILES string of the molecule is O=C(c1ccccc1-c1ccccc1)N1CCN(S(=O)(=O)C2CCS(=O)(=O)C2)CC1. The number of amides is 1. The van der Waals surface area contributed by atoms with Crippen LogP contribution in [0, 0.1) is 0 Å². The molecule has 1 atom stereocenters. The van der Waals surface area contributed by atoms with Gasteiger partial charge in [-0.15, -0.1) is 0 Å². The van der Waals surface area contributed by atoms with Crippen molar-refractivity contribution in [1.29, 1.82) is 0 Å². The fourth-order valence-corrected chi connectivity index (χ4v) is 8.57. The lowest BCUT2D eigenvalue weighted by atomic mass is 9.99. The minimum Gasteiger partial charge on any atom is -0.336 e. The van der Waals surface area contributed by atoms with E-state index in [1.807, 2.05) is 48.5 Å². The molecule has 0 aromatic heterocycles. The fourth-order valence-electron chi connectivity index (χ4n) is 4.06. The van der Waals surface area contributed by atoms with Crippen molar-refractivity contribution >= 4 is 25.8 Å². The zero-order valence-corrected chi connectivity index (χ0v) is 18.1. The molecule has 160 valence electrons. The molecular weight excluding hydrogens is 424 g/mol. The average molecular weight is 449 g/mol. The van der Waals surface area contributed by atoms with E-state index in [1.54, 1.807) is 11.0 Å². The van der Waals surface area contributed by atoms with Crippen LogP contribution in [-0.4, -0.2) is 74.9 Å². The van der Waals surface area contributed by atoms with Crippen LogP contribution in [0.3, 0.4) is 0 Å². The molecule has 2 heterocycles. The molecule has 4 rings (SSSR count). The minimum absolute atomic E-state index is 0.0778. The molecule has 0 bridgehead atoms. The number of carbonyl (C=O) groups is 1. The Kier molecular flexibility index (Phi) is 5.69. The summed E-state index contributed by atoms with van der Waals surface area (Å²) in [6.45, 7) is 0.914. The summed E-state index contributed by atoms with van der Waals surface area (Å²) in [7, 11) is -6.96. The molecular formula is C21H24N2O5S2. The maximum Gasteiger partial charge on any atom is 0.254 e. The molecule has 9 heteroatoms. The topological polar surface area (TPSA) is 91.8 Å². The minimum atomic E-state index is -3.68. The van der Waals surface area contributed by atoms with Crippen molar-refractivity contribution in [2.24, 2.45) is 0 Å². The summed E-state index contributed by atoms with van der Waals surface area (Å²) in [5, 5.41) is -0.872. The highest BCUT2D eigenvalue weighted by Gasteiger charge is 2.41. The number of hydrogen-bond acceptors (Lipinski definition) is 5. The number of sulfone groups is 1. The number of carbonyl (C=O) groups excluding carboxylic acids is 1. The van der Waals surface area contributed by atoms with Gasteiger partial charge in [-0.2, -0.15) is 4.31 Å². The lowest BCUT2D eigenvalue weighted by Crippen LogP contribution is -2.52. The standard InChI is InChI=1S/C21H24N2O5S2/c24-21(20-9-5-4-8-19(20)17-6-2-1-3-7-17)22-11-13-23(14-12-22)30(27,28)18-10-15-29(25,26)16-18/h1-9,18H,10-16H2. The van der Waals surface area contributed by atoms with E-state index in [-0.39, 0.29) is 50.0 Å². The van der Waals surface area contributed by atoms with Gasteiger partial charge >= 0.3 is 0 Å². The normalized spacial score (nSPS) is 22.1. The summed E-state index contributed by atoms with van der Waals surface area (Å²) in [5.41, 5.74) is 2.38. The molecule has 1 amide bonds. The molecule has 2 aliphatic rings. The van der Waals surface area contributed by atoms with Gasteiger partial charge in [-0.1, -0.05) is 48.5 Å². The van der Waals surface area contributed by atoms with Crippen molar-refractivity contribution in [3.8, 4) is 11.1 Å². The van der Waals surface area contributed by atoms with E-state index in [1.165, 1.54) is 4.31 Å². The van der Waals surface area contributed by atoms with Crippen molar-refractivity contribution in [1.82, 2.24) is 9.21 Å². The average Bonchev–Trinajstić information content (AvgIpc) is 3.14. The van der Waals surface area contributed by atoms with E-state index in [0.717, 1.165) is 11.1 Å². The summed E-state index contributed by atoms with van der Waals surface area (Å²) in [6, 6.07) is 17.1. The molecule has 2 aromatic carbocycles. The second kappa shape index (κ2) is 8.13. The molecule has 30 heavy (non-hydrogen) atoms. The molecule has 0 spiro atoms. The number of nitrogens with zero attached hydrogens (tertiary/aromatic N) is 2. The summed E-state index contributed by atoms with van der Waals surface area (Å²) in [4.78, 5) is 14.8. The van der Waals surface area contributed by atoms with Crippen LogP contribution >= 0.6 is 0 Å². The van der Waals surface area contributed by atoms with Crippen LogP contribution < -0.4 is 0 Å². The number of piperazine rings is 1. The Hall–Kier alpha value is -2.23. The first kappa shape index (κ1) is 21.0. The van der Waals surface area contributed by atoms with Crippen LogP contribution in [0.2, 0.25) is 0 Å². The maximum absolute atomic E-state index is 13.2. The highest BCUT2D eigenvalue weighted by atomic mass is 32.2. The van der Waals surface area contributed by atoms with E-state index in [0.29, 0.717) is 5.56 Å². The number of hydrogen-bond donors (Lipinski definition) is 0. The van der Waals surface area contributed by atoms with E-state index in [9.17, 15) is 21.6 Å². The monoisotopic (exact) mass is 448 g/mol. The van der Waals surface area contributed by atoms with Gasteiger partial charge in [0.2, 0.25) is 10.0 Å². The third-order valence-electron chi connectivity index (χ3n) is 5.74. The summed E-state index contributed by atoms with van der Waals surface area (Å²) >= 11 is 0. The highest BCUT2D eigenvalue weighted by Crippen LogP contribution is 2.26. The van der Waals surface area contributed by atoms with Gasteiger partial charge < -0.3 is 4.90 Å². The first-order valence-corrected chi connectivity index (χ1v) is 13.2. The summed E-state index contributed by atoms with van der Waals surface area (Å²) in [5.74, 6) is -0.514. The van der Waals surface area contributed by atoms with Crippen molar-refractivity contribution in [2.75, 3.05) is 37.7 Å². The number of sulfonamides is 1. The van der Waals surface area contributed by atoms with E-state index in [2.05, 4.69) is 0 Å². The predicted octanol–water partition coefficient (Wildman–Crippen LogP) is 1.63. The van der Waals surface area contributed by atoms with Crippen molar-refractivity contribution in [2.45, 2.75) is 11.7 Å². The summed E-state index contributed by atoms with van der Waals surface area (Å²) < 4.78 is 50.3. The van der Waals surface area contributed by atoms with Crippen LogP contribution in [0.15, 0.2) is 54.6 Å². The van der Waals surface area contributed by atoms with E-state index < -0.39 is 25.1 Å². The van der Waals surface area contributed by atoms with Gasteiger partial charge in [0.15, 0.2) is 9.84 Å². The van der Waals surface area contributed by atoms with Gasteiger partial charge in [0.05, 0.1) is 16.8 Å². The molecule has 0 radical (unpaired) electrons. The highest BCUT2D eigenvalue weighted by molar-refractivity contribution is 7.95. The Bertz CT molecular complexity index is 1140. The summed E-state index contributed by atoms with van der Waals surface area (Å²) in [6.07, 6.45) is 0.147. The maximum atomic E-state index is 13.2. The lowest BCUT2D eigenvalue weighted by molar-refractivity contribution is 0.0698. The smallest absolute Gasteiger partial charge is 0.254 e. The number of benzene rings is 2. The molecule has 2 aliphatic heterocycles. The molecule has 2 aromatic rings. The Balaban J connectivity index is 1.47. The number of rotatable bonds is 4. The van der Waals surface area contributed by atoms with Crippen LogP contribution in [0.25, 0.3) is 11.1 Å². The van der Waals surface area contributed by atoms with Gasteiger partial charge in [-0.3, -0.25) is 4.79 Å². The van der Waals surface area contributed by atoms with Crippen LogP contribution in [0.5, 0.6) is 0 Å². The quantitative estimate of drug-likeness (QED) is 0.709. The Morgan fingerprint density at radius 2 is 1.53 bits per heavy atom. The van der Waals surface area contributed by atoms with Gasteiger partial charge in [0, 0.05) is 31.7 Å².